The summed E-state index contributed by atoms with van der Waals surface area (Å²) in [4.78, 5) is 37.6. The first-order chi connectivity index (χ1) is 12.3. The quantitative estimate of drug-likeness (QED) is 0.785. The van der Waals surface area contributed by atoms with Gasteiger partial charge in [0.25, 0.3) is 5.91 Å². The molecule has 1 fully saturated rings. The predicted molar refractivity (Wildman–Crippen MR) is 95.3 cm³/mol. The summed E-state index contributed by atoms with van der Waals surface area (Å²) in [5.74, 6) is -1.26. The van der Waals surface area contributed by atoms with Gasteiger partial charge >= 0.3 is 5.97 Å². The van der Waals surface area contributed by atoms with Gasteiger partial charge in [-0.15, -0.1) is 0 Å². The smallest absolute Gasteiger partial charge is 0.338 e. The second-order valence-corrected chi connectivity index (χ2v) is 6.79. The first kappa shape index (κ1) is 19.4. The second-order valence-electron chi connectivity index (χ2n) is 6.79. The van der Waals surface area contributed by atoms with Gasteiger partial charge in [-0.05, 0) is 37.5 Å². The fraction of sp³-hybridized carbons (Fsp3) is 0.474. The maximum absolute atomic E-state index is 12.2. The summed E-state index contributed by atoms with van der Waals surface area (Å²) < 4.78 is 5.04. The van der Waals surface area contributed by atoms with E-state index < -0.39 is 24.0 Å². The van der Waals surface area contributed by atoms with Crippen molar-refractivity contribution < 1.29 is 19.1 Å². The first-order valence-corrected chi connectivity index (χ1v) is 8.56. The van der Waals surface area contributed by atoms with Crippen LogP contribution < -0.4 is 10.2 Å². The van der Waals surface area contributed by atoms with E-state index >= 15 is 0 Å². The third kappa shape index (κ3) is 4.39. The van der Waals surface area contributed by atoms with Gasteiger partial charge in [0.1, 0.15) is 5.54 Å². The Hall–Kier alpha value is -2.88. The van der Waals surface area contributed by atoms with Gasteiger partial charge in [-0.1, -0.05) is 19.9 Å². The Balaban J connectivity index is 1.97. The minimum atomic E-state index is -1.03. The van der Waals surface area contributed by atoms with Crippen LogP contribution in [-0.2, 0) is 14.3 Å². The van der Waals surface area contributed by atoms with Crippen molar-refractivity contribution in [3.63, 3.8) is 0 Å². The summed E-state index contributed by atoms with van der Waals surface area (Å²) in [5.41, 5.74) is -0.121. The van der Waals surface area contributed by atoms with Gasteiger partial charge in [-0.25, -0.2) is 4.79 Å². The first-order valence-electron chi connectivity index (χ1n) is 8.56. The van der Waals surface area contributed by atoms with Crippen LogP contribution in [0.25, 0.3) is 0 Å². The zero-order valence-corrected chi connectivity index (χ0v) is 15.2. The zero-order chi connectivity index (χ0) is 19.3. The molecular weight excluding hydrogens is 334 g/mol. The van der Waals surface area contributed by atoms with Crippen LogP contribution in [0.1, 0.15) is 44.0 Å². The van der Waals surface area contributed by atoms with Crippen LogP contribution in [0, 0.1) is 17.2 Å². The Labute approximate surface area is 152 Å². The van der Waals surface area contributed by atoms with Gasteiger partial charge in [-0.2, -0.15) is 5.26 Å². The molecule has 2 rings (SSSR count). The van der Waals surface area contributed by atoms with Crippen LogP contribution in [0.3, 0.4) is 0 Å². The van der Waals surface area contributed by atoms with Crippen LogP contribution in [-0.4, -0.2) is 36.5 Å². The number of nitrogens with one attached hydrogen (secondary N) is 1. The van der Waals surface area contributed by atoms with E-state index in [9.17, 15) is 19.6 Å². The number of hydrogen-bond acceptors (Lipinski definition) is 5. The van der Waals surface area contributed by atoms with Gasteiger partial charge < -0.3 is 15.0 Å². The molecule has 1 aliphatic rings. The molecule has 1 saturated heterocycles. The molecule has 0 unspecified atom stereocenters. The molecule has 1 atom stereocenters. The number of carbonyl (C=O) groups excluding carboxylic acids is 3. The highest BCUT2D eigenvalue weighted by Crippen LogP contribution is 2.22. The molecule has 0 spiro atoms. The Kier molecular flexibility index (Phi) is 5.98. The Bertz CT molecular complexity index is 753. The van der Waals surface area contributed by atoms with Crippen LogP contribution in [0.4, 0.5) is 5.69 Å². The molecule has 2 amide bonds. The van der Waals surface area contributed by atoms with Crippen LogP contribution in [0.2, 0.25) is 0 Å². The number of rotatable bonds is 6. The van der Waals surface area contributed by atoms with E-state index in [1.54, 1.807) is 36.1 Å². The Morgan fingerprint density at radius 2 is 2.15 bits per heavy atom. The third-order valence-corrected chi connectivity index (χ3v) is 4.59. The maximum Gasteiger partial charge on any atom is 0.338 e. The number of amides is 2. The van der Waals surface area contributed by atoms with Crippen LogP contribution in [0.5, 0.6) is 0 Å². The molecule has 7 nitrogen and oxygen atoms in total. The minimum Gasteiger partial charge on any atom is -0.452 e. The van der Waals surface area contributed by atoms with Crippen LogP contribution >= 0.6 is 0 Å². The number of carbonyl (C=O) groups is 3. The minimum absolute atomic E-state index is 0.0272. The SMILES string of the molecule is CC(C)[C@](C)(C#N)NC(=O)COC(=O)c1cccc(N2CCCC2=O)c1. The normalized spacial score (nSPS) is 16.1. The fourth-order valence-corrected chi connectivity index (χ4v) is 2.56. The van der Waals surface area contributed by atoms with E-state index in [-0.39, 0.29) is 17.4 Å². The number of anilines is 1. The monoisotopic (exact) mass is 357 g/mol. The molecule has 0 radical (unpaired) electrons. The molecule has 0 aliphatic carbocycles. The molecule has 1 heterocycles. The lowest BCUT2D eigenvalue weighted by Crippen LogP contribution is -2.50. The molecule has 1 N–H and O–H groups in total. The van der Waals surface area contributed by atoms with Gasteiger partial charge in [0, 0.05) is 18.7 Å². The van der Waals surface area contributed by atoms with Gasteiger partial charge in [0.2, 0.25) is 5.91 Å². The van der Waals surface area contributed by atoms with Crippen molar-refractivity contribution in [2.45, 2.75) is 39.2 Å². The van der Waals surface area contributed by atoms with Gasteiger partial charge in [0.05, 0.1) is 11.6 Å². The molecule has 26 heavy (non-hydrogen) atoms. The highest BCUT2D eigenvalue weighted by Gasteiger charge is 2.30. The van der Waals surface area contributed by atoms with E-state index in [0.717, 1.165) is 6.42 Å². The van der Waals surface area contributed by atoms with E-state index in [0.29, 0.717) is 18.7 Å². The summed E-state index contributed by atoms with van der Waals surface area (Å²) in [6, 6.07) is 8.64. The highest BCUT2D eigenvalue weighted by molar-refractivity contribution is 5.97. The average Bonchev–Trinajstić information content (AvgIpc) is 3.05. The average molecular weight is 357 g/mol. The number of ether oxygens (including phenoxy) is 1. The third-order valence-electron chi connectivity index (χ3n) is 4.59. The van der Waals surface area contributed by atoms with Crippen LogP contribution in [0.15, 0.2) is 24.3 Å². The van der Waals surface area contributed by atoms with Crippen molar-refractivity contribution in [2.75, 3.05) is 18.1 Å². The van der Waals surface area contributed by atoms with E-state index in [2.05, 4.69) is 11.4 Å². The molecule has 0 aromatic heterocycles. The molecule has 0 saturated carbocycles. The van der Waals surface area contributed by atoms with E-state index in [1.807, 2.05) is 13.8 Å². The molecule has 1 aromatic rings. The van der Waals surface area contributed by atoms with Crippen molar-refractivity contribution in [3.05, 3.63) is 29.8 Å². The molecule has 7 heteroatoms. The second kappa shape index (κ2) is 8.00. The maximum atomic E-state index is 12.2. The number of nitriles is 1. The predicted octanol–water partition coefficient (Wildman–Crippen LogP) is 2.02. The molecule has 138 valence electrons. The molecule has 1 aromatic carbocycles. The van der Waals surface area contributed by atoms with Crippen molar-refractivity contribution in [1.82, 2.24) is 5.32 Å². The molecule has 1 aliphatic heterocycles. The van der Waals surface area contributed by atoms with Crippen molar-refractivity contribution in [3.8, 4) is 6.07 Å². The van der Waals surface area contributed by atoms with Gasteiger partial charge in [-0.3, -0.25) is 9.59 Å². The zero-order valence-electron chi connectivity index (χ0n) is 15.2. The number of benzene rings is 1. The fourth-order valence-electron chi connectivity index (χ4n) is 2.56. The van der Waals surface area contributed by atoms with E-state index in [4.69, 9.17) is 4.74 Å². The number of esters is 1. The Morgan fingerprint density at radius 3 is 2.73 bits per heavy atom. The van der Waals surface area contributed by atoms with Gasteiger partial charge in [0.15, 0.2) is 6.61 Å². The molecular formula is C19H23N3O4. The number of nitrogens with zero attached hydrogens (tertiary/aromatic N) is 2. The van der Waals surface area contributed by atoms with Crippen molar-refractivity contribution >= 4 is 23.5 Å². The lowest BCUT2D eigenvalue weighted by atomic mass is 9.90. The van der Waals surface area contributed by atoms with Crippen molar-refractivity contribution in [2.24, 2.45) is 5.92 Å². The summed E-state index contributed by atoms with van der Waals surface area (Å²) in [6.07, 6.45) is 1.30. The highest BCUT2D eigenvalue weighted by atomic mass is 16.5. The summed E-state index contributed by atoms with van der Waals surface area (Å²) in [6.45, 7) is 5.41. The topological polar surface area (TPSA) is 99.5 Å². The lowest BCUT2D eigenvalue weighted by molar-refractivity contribution is -0.125. The van der Waals surface area contributed by atoms with Crippen molar-refractivity contribution in [1.29, 1.82) is 5.26 Å². The summed E-state index contributed by atoms with van der Waals surface area (Å²) in [5, 5.41) is 11.8. The van der Waals surface area contributed by atoms with E-state index in [1.165, 1.54) is 0 Å². The molecule has 0 bridgehead atoms. The largest absolute Gasteiger partial charge is 0.452 e. The summed E-state index contributed by atoms with van der Waals surface area (Å²) in [7, 11) is 0. The summed E-state index contributed by atoms with van der Waals surface area (Å²) >= 11 is 0. The standard InChI is InChI=1S/C19H23N3O4/c1-13(2)19(3,12-20)21-16(23)11-26-18(25)14-6-4-7-15(10-14)22-9-5-8-17(22)24/h4,6-7,10,13H,5,8-9,11H2,1-3H3,(H,21,23)/t19-/m0/s1. The lowest BCUT2D eigenvalue weighted by Gasteiger charge is -2.27. The number of hydrogen-bond donors (Lipinski definition) is 1. The Morgan fingerprint density at radius 1 is 1.42 bits per heavy atom.